The van der Waals surface area contributed by atoms with Gasteiger partial charge in [-0.25, -0.2) is 4.98 Å². The van der Waals surface area contributed by atoms with E-state index in [4.69, 9.17) is 0 Å². The summed E-state index contributed by atoms with van der Waals surface area (Å²) in [5.74, 6) is 1.24. The molecule has 0 bridgehead atoms. The Kier molecular flexibility index (Phi) is 5.81. The molecule has 1 saturated heterocycles. The Balaban J connectivity index is 1.18. The van der Waals surface area contributed by atoms with Gasteiger partial charge in [-0.05, 0) is 67.5 Å². The van der Waals surface area contributed by atoms with Gasteiger partial charge in [0.25, 0.3) is 5.91 Å². The minimum atomic E-state index is -0.290. The quantitative estimate of drug-likeness (QED) is 0.464. The van der Waals surface area contributed by atoms with E-state index in [1.165, 1.54) is 22.5 Å². The van der Waals surface area contributed by atoms with Crippen LogP contribution in [0.3, 0.4) is 0 Å². The van der Waals surface area contributed by atoms with Crippen molar-refractivity contribution in [2.45, 2.75) is 26.2 Å². The Morgan fingerprint density at radius 2 is 1.88 bits per heavy atom. The molecule has 3 heterocycles. The van der Waals surface area contributed by atoms with Crippen LogP contribution >= 0.6 is 11.3 Å². The number of aromatic nitrogens is 3. The van der Waals surface area contributed by atoms with Crippen LogP contribution < -0.4 is 10.2 Å². The number of nitrogens with zero attached hydrogens (tertiary/aromatic N) is 4. The molecule has 0 spiro atoms. The van der Waals surface area contributed by atoms with Gasteiger partial charge in [0.05, 0.1) is 10.2 Å². The molecule has 2 aromatic carbocycles. The zero-order valence-corrected chi connectivity index (χ0v) is 18.8. The van der Waals surface area contributed by atoms with Crippen molar-refractivity contribution < 1.29 is 4.79 Å². The van der Waals surface area contributed by atoms with Crippen molar-refractivity contribution in [1.29, 1.82) is 0 Å². The molecule has 0 aliphatic carbocycles. The molecule has 1 aliphatic heterocycles. The van der Waals surface area contributed by atoms with E-state index in [1.807, 2.05) is 25.1 Å². The summed E-state index contributed by atoms with van der Waals surface area (Å²) in [7, 11) is 0. The Morgan fingerprint density at radius 3 is 2.62 bits per heavy atom. The van der Waals surface area contributed by atoms with Crippen LogP contribution in [0.4, 0.5) is 10.9 Å². The molecule has 1 amide bonds. The lowest BCUT2D eigenvalue weighted by Crippen LogP contribution is -2.35. The summed E-state index contributed by atoms with van der Waals surface area (Å²) >= 11 is 1.46. The van der Waals surface area contributed by atoms with Gasteiger partial charge in [-0.15, -0.1) is 10.2 Å². The fourth-order valence-electron chi connectivity index (χ4n) is 4.18. The third-order valence-electron chi connectivity index (χ3n) is 5.95. The number of carbonyl (C=O) groups is 1. The summed E-state index contributed by atoms with van der Waals surface area (Å²) in [4.78, 5) is 19.3. The molecule has 7 heteroatoms. The molecular formula is C25H25N5OS. The largest absolute Gasteiger partial charge is 0.355 e. The van der Waals surface area contributed by atoms with Crippen LogP contribution in [0, 0.1) is 12.8 Å². The molecule has 0 saturated carbocycles. The monoisotopic (exact) mass is 443 g/mol. The Labute approximate surface area is 191 Å². The molecule has 1 N–H and O–H groups in total. The van der Waals surface area contributed by atoms with Crippen LogP contribution in [0.1, 0.15) is 34.5 Å². The van der Waals surface area contributed by atoms with Crippen molar-refractivity contribution in [3.05, 3.63) is 77.5 Å². The van der Waals surface area contributed by atoms with E-state index < -0.39 is 0 Å². The van der Waals surface area contributed by atoms with E-state index >= 15 is 0 Å². The maximum absolute atomic E-state index is 12.6. The third kappa shape index (κ3) is 4.62. The molecule has 0 atom stereocenters. The maximum atomic E-state index is 12.6. The highest BCUT2D eigenvalue weighted by atomic mass is 32.1. The van der Waals surface area contributed by atoms with Gasteiger partial charge in [0.1, 0.15) is 0 Å². The molecule has 1 aliphatic rings. The van der Waals surface area contributed by atoms with Gasteiger partial charge in [-0.3, -0.25) is 10.1 Å². The number of hydrogen-bond donors (Lipinski definition) is 1. The fraction of sp³-hybridized carbons (Fsp3) is 0.280. The van der Waals surface area contributed by atoms with Gasteiger partial charge in [-0.2, -0.15) is 0 Å². The first-order valence-electron chi connectivity index (χ1n) is 11.0. The lowest BCUT2D eigenvalue weighted by Gasteiger charge is -2.32. The Bertz CT molecular complexity index is 1210. The molecule has 4 aromatic rings. The SMILES string of the molecule is Cc1ccc2nc(NC(=O)c3ccc(N4CCC(Cc5ccccc5)CC4)nn3)sc2c1. The van der Waals surface area contributed by atoms with E-state index in [0.717, 1.165) is 48.4 Å². The van der Waals surface area contributed by atoms with Gasteiger partial charge >= 0.3 is 0 Å². The number of amides is 1. The van der Waals surface area contributed by atoms with E-state index in [-0.39, 0.29) is 5.91 Å². The number of hydrogen-bond acceptors (Lipinski definition) is 6. The molecule has 5 rings (SSSR count). The van der Waals surface area contributed by atoms with Crippen LogP contribution in [-0.2, 0) is 6.42 Å². The number of rotatable bonds is 5. The zero-order chi connectivity index (χ0) is 21.9. The Morgan fingerprint density at radius 1 is 1.06 bits per heavy atom. The second-order valence-electron chi connectivity index (χ2n) is 8.34. The second-order valence-corrected chi connectivity index (χ2v) is 9.37. The number of aryl methyl sites for hydroxylation is 1. The number of fused-ring (bicyclic) bond motifs is 1. The number of carbonyl (C=O) groups excluding carboxylic acids is 1. The summed E-state index contributed by atoms with van der Waals surface area (Å²) in [5, 5.41) is 11.9. The van der Waals surface area contributed by atoms with Crippen molar-refractivity contribution >= 4 is 38.4 Å². The predicted octanol–water partition coefficient (Wildman–Crippen LogP) is 5.11. The summed E-state index contributed by atoms with van der Waals surface area (Å²) < 4.78 is 1.05. The highest BCUT2D eigenvalue weighted by Gasteiger charge is 2.21. The van der Waals surface area contributed by atoms with Crippen molar-refractivity contribution in [1.82, 2.24) is 15.2 Å². The lowest BCUT2D eigenvalue weighted by atomic mass is 9.90. The predicted molar refractivity (Wildman–Crippen MR) is 129 cm³/mol. The van der Waals surface area contributed by atoms with Crippen LogP contribution in [0.25, 0.3) is 10.2 Å². The first-order valence-corrected chi connectivity index (χ1v) is 11.8. The highest BCUT2D eigenvalue weighted by molar-refractivity contribution is 7.22. The Hall–Kier alpha value is -3.32. The van der Waals surface area contributed by atoms with Crippen LogP contribution in [0.2, 0.25) is 0 Å². The zero-order valence-electron chi connectivity index (χ0n) is 18.0. The van der Waals surface area contributed by atoms with Gasteiger partial charge < -0.3 is 4.90 Å². The first kappa shape index (κ1) is 20.6. The number of anilines is 2. The van der Waals surface area contributed by atoms with E-state index in [0.29, 0.717) is 16.7 Å². The average Bonchev–Trinajstić information content (AvgIpc) is 3.21. The number of nitrogens with one attached hydrogen (secondary N) is 1. The minimum absolute atomic E-state index is 0.290. The van der Waals surface area contributed by atoms with Crippen molar-refractivity contribution in [3.63, 3.8) is 0 Å². The molecule has 162 valence electrons. The maximum Gasteiger partial charge on any atom is 0.277 e. The summed E-state index contributed by atoms with van der Waals surface area (Å²) in [6.45, 7) is 3.96. The van der Waals surface area contributed by atoms with E-state index in [9.17, 15) is 4.79 Å². The molecular weight excluding hydrogens is 418 g/mol. The van der Waals surface area contributed by atoms with E-state index in [2.05, 4.69) is 61.8 Å². The normalized spacial score (nSPS) is 14.6. The standard InChI is InChI=1S/C25H25N5OS/c1-17-7-8-20-22(15-17)32-25(26-20)27-24(31)21-9-10-23(29-28-21)30-13-11-19(12-14-30)16-18-5-3-2-4-6-18/h2-10,15,19H,11-14,16H2,1H3,(H,26,27,31). The lowest BCUT2D eigenvalue weighted by molar-refractivity contribution is 0.102. The third-order valence-corrected chi connectivity index (χ3v) is 6.89. The second kappa shape index (κ2) is 9.04. The molecule has 32 heavy (non-hydrogen) atoms. The topological polar surface area (TPSA) is 71.0 Å². The summed E-state index contributed by atoms with van der Waals surface area (Å²) in [6.07, 6.45) is 3.40. The van der Waals surface area contributed by atoms with Crippen LogP contribution in [0.5, 0.6) is 0 Å². The molecule has 0 unspecified atom stereocenters. The minimum Gasteiger partial charge on any atom is -0.355 e. The number of piperidine rings is 1. The van der Waals surface area contributed by atoms with Gasteiger partial charge in [0.15, 0.2) is 16.6 Å². The van der Waals surface area contributed by atoms with Gasteiger partial charge in [0.2, 0.25) is 0 Å². The first-order chi connectivity index (χ1) is 15.6. The number of benzene rings is 2. The fourth-order valence-corrected chi connectivity index (χ4v) is 5.13. The van der Waals surface area contributed by atoms with Crippen LogP contribution in [-0.4, -0.2) is 34.2 Å². The van der Waals surface area contributed by atoms with Crippen LogP contribution in [0.15, 0.2) is 60.7 Å². The summed E-state index contributed by atoms with van der Waals surface area (Å²) in [5.41, 5.74) is 3.75. The van der Waals surface area contributed by atoms with Crippen molar-refractivity contribution in [2.75, 3.05) is 23.3 Å². The van der Waals surface area contributed by atoms with E-state index in [1.54, 1.807) is 6.07 Å². The molecule has 0 radical (unpaired) electrons. The summed E-state index contributed by atoms with van der Waals surface area (Å²) in [6, 6.07) is 20.4. The highest BCUT2D eigenvalue weighted by Crippen LogP contribution is 2.27. The van der Waals surface area contributed by atoms with Gasteiger partial charge in [-0.1, -0.05) is 47.7 Å². The van der Waals surface area contributed by atoms with Crippen molar-refractivity contribution in [2.24, 2.45) is 5.92 Å². The number of thiazole rings is 1. The molecule has 2 aromatic heterocycles. The molecule has 1 fully saturated rings. The van der Waals surface area contributed by atoms with Crippen molar-refractivity contribution in [3.8, 4) is 0 Å². The molecule has 6 nitrogen and oxygen atoms in total. The van der Waals surface area contributed by atoms with Gasteiger partial charge in [0, 0.05) is 13.1 Å². The smallest absolute Gasteiger partial charge is 0.277 e. The average molecular weight is 444 g/mol.